The second-order valence-corrected chi connectivity index (χ2v) is 6.86. The third-order valence-corrected chi connectivity index (χ3v) is 4.98. The van der Waals surface area contributed by atoms with Crippen molar-refractivity contribution >= 4 is 22.8 Å². The lowest BCUT2D eigenvalue weighted by molar-refractivity contribution is 0.145. The third-order valence-electron chi connectivity index (χ3n) is 4.09. The lowest BCUT2D eigenvalue weighted by Crippen LogP contribution is -2.08. The van der Waals surface area contributed by atoms with Crippen molar-refractivity contribution in [3.8, 4) is 11.5 Å². The highest BCUT2D eigenvalue weighted by Gasteiger charge is 2.12. The van der Waals surface area contributed by atoms with Crippen LogP contribution in [0, 0.1) is 13.8 Å². The average molecular weight is 373 g/mol. The Morgan fingerprint density at radius 3 is 2.77 bits per heavy atom. The van der Waals surface area contributed by atoms with Gasteiger partial charge in [-0.15, -0.1) is 0 Å². The summed E-state index contributed by atoms with van der Waals surface area (Å²) in [6.07, 6.45) is 1.86. The molecule has 7 heteroatoms. The summed E-state index contributed by atoms with van der Waals surface area (Å²) >= 11 is 1.62. The van der Waals surface area contributed by atoms with Crippen LogP contribution >= 0.6 is 11.8 Å². The molecule has 1 N–H and O–H groups in total. The highest BCUT2D eigenvalue weighted by molar-refractivity contribution is 7.98. The summed E-state index contributed by atoms with van der Waals surface area (Å²) in [5.74, 6) is 2.41. The molecule has 6 nitrogen and oxygen atoms in total. The van der Waals surface area contributed by atoms with Crippen molar-refractivity contribution in [1.82, 2.24) is 15.0 Å². The van der Waals surface area contributed by atoms with Crippen molar-refractivity contribution < 1.29 is 14.2 Å². The van der Waals surface area contributed by atoms with Crippen molar-refractivity contribution in [3.63, 3.8) is 0 Å². The van der Waals surface area contributed by atoms with Crippen LogP contribution in [0.4, 0.5) is 0 Å². The van der Waals surface area contributed by atoms with Crippen LogP contribution in [-0.4, -0.2) is 42.4 Å². The van der Waals surface area contributed by atoms with E-state index in [1.54, 1.807) is 26.0 Å². The van der Waals surface area contributed by atoms with Gasteiger partial charge in [-0.3, -0.25) is 4.98 Å². The van der Waals surface area contributed by atoms with Gasteiger partial charge in [-0.2, -0.15) is 0 Å². The normalized spacial score (nSPS) is 11.1. The minimum atomic E-state index is 0.528. The molecule has 0 aliphatic rings. The van der Waals surface area contributed by atoms with Gasteiger partial charge in [-0.1, -0.05) is 11.8 Å². The topological polar surface area (TPSA) is 69.3 Å². The summed E-state index contributed by atoms with van der Waals surface area (Å²) in [6, 6.07) is 5.81. The molecule has 3 aromatic rings. The second-order valence-electron chi connectivity index (χ2n) is 5.90. The lowest BCUT2D eigenvalue weighted by atomic mass is 10.1. The Morgan fingerprint density at radius 1 is 1.15 bits per heavy atom. The zero-order chi connectivity index (χ0) is 18.5. The number of imidazole rings is 1. The first-order valence-electron chi connectivity index (χ1n) is 8.35. The standard InChI is InChI=1S/C19H23N3O3S/c1-12-10-20-17(13(2)18(12)25-8-7-23-3)11-26-19-21-15-6-5-14(24-4)9-16(15)22-19/h5-6,9-10H,7-8,11H2,1-4H3,(H,21,22). The molecule has 3 rings (SSSR count). The van der Waals surface area contributed by atoms with Crippen LogP contribution < -0.4 is 9.47 Å². The molecule has 0 bridgehead atoms. The Balaban J connectivity index is 1.74. The Kier molecular flexibility index (Phi) is 6.00. The van der Waals surface area contributed by atoms with Gasteiger partial charge in [0.1, 0.15) is 18.1 Å². The van der Waals surface area contributed by atoms with Gasteiger partial charge in [0, 0.05) is 36.3 Å². The van der Waals surface area contributed by atoms with Gasteiger partial charge in [0.15, 0.2) is 5.16 Å². The van der Waals surface area contributed by atoms with Gasteiger partial charge in [-0.05, 0) is 26.0 Å². The number of aryl methyl sites for hydroxylation is 1. The number of nitrogens with one attached hydrogen (secondary N) is 1. The van der Waals surface area contributed by atoms with Crippen LogP contribution in [0.25, 0.3) is 11.0 Å². The van der Waals surface area contributed by atoms with Gasteiger partial charge in [0.2, 0.25) is 0 Å². The van der Waals surface area contributed by atoms with E-state index >= 15 is 0 Å². The zero-order valence-electron chi connectivity index (χ0n) is 15.5. The molecule has 0 amide bonds. The number of hydrogen-bond donors (Lipinski definition) is 1. The molecular formula is C19H23N3O3S. The number of thioether (sulfide) groups is 1. The molecule has 0 aliphatic carbocycles. The first kappa shape index (κ1) is 18.5. The fraction of sp³-hybridized carbons (Fsp3) is 0.368. The smallest absolute Gasteiger partial charge is 0.166 e. The van der Waals surface area contributed by atoms with Crippen molar-refractivity contribution in [2.45, 2.75) is 24.8 Å². The van der Waals surface area contributed by atoms with E-state index in [2.05, 4.69) is 15.0 Å². The monoisotopic (exact) mass is 373 g/mol. The van der Waals surface area contributed by atoms with E-state index in [1.807, 2.05) is 38.2 Å². The summed E-state index contributed by atoms with van der Waals surface area (Å²) in [4.78, 5) is 12.5. The first-order chi connectivity index (χ1) is 12.6. The molecular weight excluding hydrogens is 350 g/mol. The molecule has 0 radical (unpaired) electrons. The fourth-order valence-corrected chi connectivity index (χ4v) is 3.56. The number of pyridine rings is 1. The Labute approximate surface area is 157 Å². The largest absolute Gasteiger partial charge is 0.497 e. The number of H-pyrrole nitrogens is 1. The predicted octanol–water partition coefficient (Wildman–Crippen LogP) is 3.90. The molecule has 26 heavy (non-hydrogen) atoms. The maximum atomic E-state index is 5.86. The number of ether oxygens (including phenoxy) is 3. The molecule has 0 aliphatic heterocycles. The number of hydrogen-bond acceptors (Lipinski definition) is 6. The van der Waals surface area contributed by atoms with Gasteiger partial charge >= 0.3 is 0 Å². The zero-order valence-corrected chi connectivity index (χ0v) is 16.3. The van der Waals surface area contributed by atoms with Gasteiger partial charge in [0.25, 0.3) is 0 Å². The number of aromatic amines is 1. The molecule has 0 fully saturated rings. The molecule has 2 heterocycles. The van der Waals surface area contributed by atoms with Crippen LogP contribution in [-0.2, 0) is 10.5 Å². The van der Waals surface area contributed by atoms with Crippen LogP contribution in [0.1, 0.15) is 16.8 Å². The number of benzene rings is 1. The van der Waals surface area contributed by atoms with Gasteiger partial charge < -0.3 is 19.2 Å². The molecule has 2 aromatic heterocycles. The van der Waals surface area contributed by atoms with E-state index in [4.69, 9.17) is 14.2 Å². The SMILES string of the molecule is COCCOc1c(C)cnc(CSc2nc3ccc(OC)cc3[nH]2)c1C. The van der Waals surface area contributed by atoms with Crippen molar-refractivity contribution in [3.05, 3.63) is 41.2 Å². The summed E-state index contributed by atoms with van der Waals surface area (Å²) < 4.78 is 16.2. The van der Waals surface area contributed by atoms with E-state index in [1.165, 1.54) is 0 Å². The second kappa shape index (κ2) is 8.42. The van der Waals surface area contributed by atoms with Crippen LogP contribution in [0.15, 0.2) is 29.6 Å². The highest BCUT2D eigenvalue weighted by Crippen LogP contribution is 2.29. The third kappa shape index (κ3) is 4.11. The maximum Gasteiger partial charge on any atom is 0.166 e. The number of nitrogens with zero attached hydrogens (tertiary/aromatic N) is 2. The van der Waals surface area contributed by atoms with Crippen LogP contribution in [0.5, 0.6) is 11.5 Å². The Bertz CT molecular complexity index is 895. The summed E-state index contributed by atoms with van der Waals surface area (Å²) in [5.41, 5.74) is 4.97. The molecule has 0 saturated carbocycles. The van der Waals surface area contributed by atoms with E-state index in [-0.39, 0.29) is 0 Å². The molecule has 0 spiro atoms. The fourth-order valence-electron chi connectivity index (χ4n) is 2.65. The van der Waals surface area contributed by atoms with E-state index in [0.717, 1.165) is 44.5 Å². The number of methoxy groups -OCH3 is 2. The number of aromatic nitrogens is 3. The number of rotatable bonds is 8. The maximum absolute atomic E-state index is 5.86. The van der Waals surface area contributed by atoms with Crippen molar-refractivity contribution in [2.24, 2.45) is 0 Å². The number of fused-ring (bicyclic) bond motifs is 1. The van der Waals surface area contributed by atoms with Crippen LogP contribution in [0.2, 0.25) is 0 Å². The summed E-state index contributed by atoms with van der Waals surface area (Å²) in [6.45, 7) is 5.14. The Hall–Kier alpha value is -2.25. The molecule has 0 unspecified atom stereocenters. The minimum absolute atomic E-state index is 0.528. The molecule has 0 atom stereocenters. The lowest BCUT2D eigenvalue weighted by Gasteiger charge is -2.14. The molecule has 0 saturated heterocycles. The van der Waals surface area contributed by atoms with E-state index < -0.39 is 0 Å². The van der Waals surface area contributed by atoms with Gasteiger partial charge in [0.05, 0.1) is 30.4 Å². The van der Waals surface area contributed by atoms with E-state index in [9.17, 15) is 0 Å². The van der Waals surface area contributed by atoms with Crippen LogP contribution in [0.3, 0.4) is 0 Å². The predicted molar refractivity (Wildman–Crippen MR) is 103 cm³/mol. The molecule has 138 valence electrons. The van der Waals surface area contributed by atoms with E-state index in [0.29, 0.717) is 19.0 Å². The van der Waals surface area contributed by atoms with Crippen molar-refractivity contribution in [1.29, 1.82) is 0 Å². The first-order valence-corrected chi connectivity index (χ1v) is 9.34. The van der Waals surface area contributed by atoms with Crippen molar-refractivity contribution in [2.75, 3.05) is 27.4 Å². The summed E-state index contributed by atoms with van der Waals surface area (Å²) in [7, 11) is 3.33. The van der Waals surface area contributed by atoms with Gasteiger partial charge in [-0.25, -0.2) is 4.98 Å². The Morgan fingerprint density at radius 2 is 2.00 bits per heavy atom. The highest BCUT2D eigenvalue weighted by atomic mass is 32.2. The molecule has 1 aromatic carbocycles. The quantitative estimate of drug-likeness (QED) is 0.477. The minimum Gasteiger partial charge on any atom is -0.497 e. The summed E-state index contributed by atoms with van der Waals surface area (Å²) in [5, 5.41) is 0.858. The average Bonchev–Trinajstić information content (AvgIpc) is 3.05.